The molecule has 2 N–H and O–H groups in total. The minimum atomic E-state index is -0.243. The van der Waals surface area contributed by atoms with E-state index < -0.39 is 0 Å². The Balaban J connectivity index is 1.83. The van der Waals surface area contributed by atoms with Crippen molar-refractivity contribution in [3.8, 4) is 0 Å². The second-order valence-electron chi connectivity index (χ2n) is 5.15. The van der Waals surface area contributed by atoms with E-state index in [0.717, 1.165) is 32.3 Å². The van der Waals surface area contributed by atoms with Crippen molar-refractivity contribution in [1.29, 1.82) is 0 Å². The number of ether oxygens (including phenoxy) is 1. The molecular weight excluding hydrogens is 324 g/mol. The Labute approximate surface area is 126 Å². The smallest absolute Gasteiger partial charge is 0.262 e. The van der Waals surface area contributed by atoms with E-state index in [9.17, 15) is 9.59 Å². The first-order valence-corrected chi connectivity index (χ1v) is 7.66. The summed E-state index contributed by atoms with van der Waals surface area (Å²) in [5, 5.41) is 2.93. The second-order valence-corrected chi connectivity index (χ2v) is 6.01. The van der Waals surface area contributed by atoms with Crippen molar-refractivity contribution in [1.82, 2.24) is 10.3 Å². The predicted octanol–water partition coefficient (Wildman–Crippen LogP) is 2.21. The van der Waals surface area contributed by atoms with Crippen LogP contribution in [-0.4, -0.2) is 29.6 Å². The number of carbonyl (C=O) groups excluding carboxylic acids is 1. The molecule has 2 rings (SSSR count). The van der Waals surface area contributed by atoms with Gasteiger partial charge in [-0.05, 0) is 54.6 Å². The highest BCUT2D eigenvalue weighted by atomic mass is 79.9. The van der Waals surface area contributed by atoms with Gasteiger partial charge in [0.05, 0.1) is 16.1 Å². The summed E-state index contributed by atoms with van der Waals surface area (Å²) in [4.78, 5) is 25.8. The molecule has 0 radical (unpaired) electrons. The normalized spacial score (nSPS) is 19.8. The molecule has 2 heterocycles. The van der Waals surface area contributed by atoms with Crippen LogP contribution in [0.4, 0.5) is 0 Å². The summed E-state index contributed by atoms with van der Waals surface area (Å²) in [5.74, 6) is -0.179. The standard InChI is InChI=1S/C14H19BrN2O3/c1-9(4-5-11-3-2-6-20-11)17-13(18)10-7-12(15)14(19)16-8-10/h7-9,11H,2-6H2,1H3,(H,16,19)(H,17,18). The molecule has 2 unspecified atom stereocenters. The van der Waals surface area contributed by atoms with Crippen LogP contribution in [0.1, 0.15) is 43.0 Å². The van der Waals surface area contributed by atoms with Crippen LogP contribution in [0.25, 0.3) is 0 Å². The fraction of sp³-hybridized carbons (Fsp3) is 0.571. The Kier molecular flexibility index (Phi) is 5.37. The van der Waals surface area contributed by atoms with Crippen molar-refractivity contribution in [2.75, 3.05) is 6.61 Å². The third kappa shape index (κ3) is 4.18. The topological polar surface area (TPSA) is 71.2 Å². The molecule has 6 heteroatoms. The van der Waals surface area contributed by atoms with E-state index >= 15 is 0 Å². The van der Waals surface area contributed by atoms with Gasteiger partial charge < -0.3 is 15.0 Å². The molecule has 5 nitrogen and oxygen atoms in total. The van der Waals surface area contributed by atoms with Crippen LogP contribution in [0.3, 0.4) is 0 Å². The maximum atomic E-state index is 12.0. The van der Waals surface area contributed by atoms with Gasteiger partial charge in [-0.1, -0.05) is 0 Å². The highest BCUT2D eigenvalue weighted by Gasteiger charge is 2.17. The number of aromatic nitrogens is 1. The lowest BCUT2D eigenvalue weighted by Crippen LogP contribution is -2.33. The Morgan fingerprint density at radius 2 is 2.45 bits per heavy atom. The number of H-pyrrole nitrogens is 1. The van der Waals surface area contributed by atoms with E-state index in [1.165, 1.54) is 12.3 Å². The summed E-state index contributed by atoms with van der Waals surface area (Å²) in [6.45, 7) is 2.84. The van der Waals surface area contributed by atoms with E-state index in [-0.39, 0.29) is 17.5 Å². The van der Waals surface area contributed by atoms with Crippen molar-refractivity contribution < 1.29 is 9.53 Å². The Hall–Kier alpha value is -1.14. The first-order chi connectivity index (χ1) is 9.56. The average molecular weight is 343 g/mol. The monoisotopic (exact) mass is 342 g/mol. The Morgan fingerprint density at radius 1 is 1.65 bits per heavy atom. The number of hydrogen-bond donors (Lipinski definition) is 2. The van der Waals surface area contributed by atoms with Crippen molar-refractivity contribution in [2.24, 2.45) is 0 Å². The summed E-state index contributed by atoms with van der Waals surface area (Å²) in [6.07, 6.45) is 5.88. The third-order valence-electron chi connectivity index (χ3n) is 3.44. The van der Waals surface area contributed by atoms with Crippen LogP contribution >= 0.6 is 15.9 Å². The molecule has 1 aliphatic rings. The molecule has 0 aliphatic carbocycles. The number of pyridine rings is 1. The van der Waals surface area contributed by atoms with E-state index in [0.29, 0.717) is 16.1 Å². The van der Waals surface area contributed by atoms with Gasteiger partial charge in [0, 0.05) is 18.8 Å². The van der Waals surface area contributed by atoms with Gasteiger partial charge in [0.25, 0.3) is 11.5 Å². The fourth-order valence-electron chi connectivity index (χ4n) is 2.27. The number of hydrogen-bond acceptors (Lipinski definition) is 3. The van der Waals surface area contributed by atoms with Crippen LogP contribution in [0.5, 0.6) is 0 Å². The molecule has 20 heavy (non-hydrogen) atoms. The van der Waals surface area contributed by atoms with Crippen molar-refractivity contribution in [2.45, 2.75) is 44.8 Å². The first-order valence-electron chi connectivity index (χ1n) is 6.87. The molecule has 0 spiro atoms. The van der Waals surface area contributed by atoms with Crippen LogP contribution in [0.2, 0.25) is 0 Å². The minimum Gasteiger partial charge on any atom is -0.378 e. The van der Waals surface area contributed by atoms with Gasteiger partial charge in [0.2, 0.25) is 0 Å². The molecule has 1 saturated heterocycles. The second kappa shape index (κ2) is 7.04. The highest BCUT2D eigenvalue weighted by Crippen LogP contribution is 2.17. The predicted molar refractivity (Wildman–Crippen MR) is 79.9 cm³/mol. The Bertz CT molecular complexity index is 523. The van der Waals surface area contributed by atoms with E-state index in [4.69, 9.17) is 4.74 Å². The van der Waals surface area contributed by atoms with Crippen LogP contribution in [0, 0.1) is 0 Å². The SMILES string of the molecule is CC(CCC1CCCO1)NC(=O)c1c[nH]c(=O)c(Br)c1. The van der Waals surface area contributed by atoms with Crippen LogP contribution < -0.4 is 10.9 Å². The van der Waals surface area contributed by atoms with Gasteiger partial charge in [0.1, 0.15) is 0 Å². The number of rotatable bonds is 5. The molecule has 1 aliphatic heterocycles. The summed E-state index contributed by atoms with van der Waals surface area (Å²) in [5.41, 5.74) is 0.202. The molecule has 2 atom stereocenters. The molecule has 0 aromatic carbocycles. The quantitative estimate of drug-likeness (QED) is 0.861. The van der Waals surface area contributed by atoms with Crippen molar-refractivity contribution in [3.05, 3.63) is 32.7 Å². The van der Waals surface area contributed by atoms with E-state index in [2.05, 4.69) is 26.2 Å². The summed E-state index contributed by atoms with van der Waals surface area (Å²) >= 11 is 3.12. The molecule has 1 fully saturated rings. The molecule has 0 saturated carbocycles. The lowest BCUT2D eigenvalue weighted by molar-refractivity contribution is 0.0899. The summed E-state index contributed by atoms with van der Waals surface area (Å²) in [6, 6.07) is 1.61. The van der Waals surface area contributed by atoms with Gasteiger partial charge in [-0.15, -0.1) is 0 Å². The lowest BCUT2D eigenvalue weighted by atomic mass is 10.1. The maximum absolute atomic E-state index is 12.0. The van der Waals surface area contributed by atoms with E-state index in [1.54, 1.807) is 0 Å². The van der Waals surface area contributed by atoms with Crippen molar-refractivity contribution >= 4 is 21.8 Å². The first kappa shape index (κ1) is 15.3. The third-order valence-corrected chi connectivity index (χ3v) is 4.03. The Morgan fingerprint density at radius 3 is 3.10 bits per heavy atom. The lowest BCUT2D eigenvalue weighted by Gasteiger charge is -2.16. The summed E-state index contributed by atoms with van der Waals surface area (Å²) < 4.78 is 5.92. The molecule has 1 aromatic heterocycles. The van der Waals surface area contributed by atoms with Gasteiger partial charge >= 0.3 is 0 Å². The molecular formula is C14H19BrN2O3. The molecule has 1 amide bonds. The number of amides is 1. The van der Waals surface area contributed by atoms with E-state index in [1.807, 2.05) is 6.92 Å². The van der Waals surface area contributed by atoms with Gasteiger partial charge in [-0.25, -0.2) is 0 Å². The number of halogens is 1. The van der Waals surface area contributed by atoms with Crippen LogP contribution in [0.15, 0.2) is 21.5 Å². The fourth-order valence-corrected chi connectivity index (χ4v) is 2.64. The molecule has 1 aromatic rings. The summed E-state index contributed by atoms with van der Waals surface area (Å²) in [7, 11) is 0. The van der Waals surface area contributed by atoms with Gasteiger partial charge in [0.15, 0.2) is 0 Å². The largest absolute Gasteiger partial charge is 0.378 e. The van der Waals surface area contributed by atoms with Gasteiger partial charge in [-0.2, -0.15) is 0 Å². The maximum Gasteiger partial charge on any atom is 0.262 e. The highest BCUT2D eigenvalue weighted by molar-refractivity contribution is 9.10. The minimum absolute atomic E-state index is 0.0809. The zero-order valence-corrected chi connectivity index (χ0v) is 13.0. The average Bonchev–Trinajstić information content (AvgIpc) is 2.92. The zero-order valence-electron chi connectivity index (χ0n) is 11.4. The van der Waals surface area contributed by atoms with Crippen LogP contribution in [-0.2, 0) is 4.74 Å². The number of carbonyl (C=O) groups is 1. The number of nitrogens with one attached hydrogen (secondary N) is 2. The number of aromatic amines is 1. The molecule has 110 valence electrons. The van der Waals surface area contributed by atoms with Crippen molar-refractivity contribution in [3.63, 3.8) is 0 Å². The van der Waals surface area contributed by atoms with Gasteiger partial charge in [-0.3, -0.25) is 9.59 Å². The zero-order chi connectivity index (χ0) is 14.5. The molecule has 0 bridgehead atoms.